The quantitative estimate of drug-likeness (QED) is 0.574. The Morgan fingerprint density at radius 2 is 1.93 bits per heavy atom. The molecule has 0 aromatic heterocycles. The van der Waals surface area contributed by atoms with Crippen molar-refractivity contribution in [3.63, 3.8) is 0 Å². The minimum Gasteiger partial charge on any atom is -0.338 e. The highest BCUT2D eigenvalue weighted by Crippen LogP contribution is 2.20. The Kier molecular flexibility index (Phi) is 2.90. The number of carbonyl (C=O) groups is 1. The Morgan fingerprint density at radius 1 is 1.27 bits per heavy atom. The Hall–Kier alpha value is -0.720. The average molecular weight is 323 g/mol. The van der Waals surface area contributed by atoms with Crippen molar-refractivity contribution in [1.82, 2.24) is 4.90 Å². The van der Waals surface area contributed by atoms with Crippen LogP contribution in [0.1, 0.15) is 16.8 Å². The number of carbonyl (C=O) groups excluding carboxylic acids is 1. The molecule has 15 heavy (non-hydrogen) atoms. The fourth-order valence-corrected chi connectivity index (χ4v) is 1.84. The van der Waals surface area contributed by atoms with Crippen LogP contribution in [0.4, 0.5) is 8.78 Å². The molecule has 0 atom stereocenters. The molecule has 0 unspecified atom stereocenters. The van der Waals surface area contributed by atoms with Crippen LogP contribution in [-0.2, 0) is 0 Å². The van der Waals surface area contributed by atoms with E-state index in [-0.39, 0.29) is 15.0 Å². The molecule has 1 saturated heterocycles. The molecular formula is C10H8F2INO. The third-order valence-electron chi connectivity index (χ3n) is 2.38. The van der Waals surface area contributed by atoms with E-state index in [1.165, 1.54) is 6.07 Å². The van der Waals surface area contributed by atoms with Crippen LogP contribution in [0.2, 0.25) is 0 Å². The maximum atomic E-state index is 13.3. The summed E-state index contributed by atoms with van der Waals surface area (Å²) in [4.78, 5) is 13.2. The molecule has 1 aliphatic rings. The Labute approximate surface area is 99.4 Å². The molecule has 2 nitrogen and oxygen atoms in total. The van der Waals surface area contributed by atoms with Crippen LogP contribution in [0.5, 0.6) is 0 Å². The fraction of sp³-hybridized carbons (Fsp3) is 0.300. The summed E-state index contributed by atoms with van der Waals surface area (Å²) in [5, 5.41) is 0. The van der Waals surface area contributed by atoms with E-state index in [1.54, 1.807) is 27.5 Å². The van der Waals surface area contributed by atoms with E-state index >= 15 is 0 Å². The van der Waals surface area contributed by atoms with Gasteiger partial charge < -0.3 is 4.90 Å². The summed E-state index contributed by atoms with van der Waals surface area (Å²) in [7, 11) is 0. The maximum Gasteiger partial charge on any atom is 0.256 e. The van der Waals surface area contributed by atoms with Crippen molar-refractivity contribution in [2.24, 2.45) is 0 Å². The zero-order valence-corrected chi connectivity index (χ0v) is 9.92. The summed E-state index contributed by atoms with van der Waals surface area (Å²) in [5.41, 5.74) is -0.0412. The Balaban J connectivity index is 2.34. The number of hydrogen-bond donors (Lipinski definition) is 0. The van der Waals surface area contributed by atoms with Gasteiger partial charge in [-0.25, -0.2) is 8.78 Å². The molecule has 1 fully saturated rings. The zero-order valence-electron chi connectivity index (χ0n) is 7.77. The number of likely N-dealkylation sites (tertiary alicyclic amines) is 1. The van der Waals surface area contributed by atoms with Crippen molar-refractivity contribution in [3.05, 3.63) is 32.9 Å². The SMILES string of the molecule is O=C(c1cc(I)c(F)cc1F)N1CCC1. The first-order valence-corrected chi connectivity index (χ1v) is 5.61. The highest BCUT2D eigenvalue weighted by Gasteiger charge is 2.24. The standard InChI is InChI=1S/C10H8F2INO/c11-7-5-8(12)9(13)4-6(7)10(15)14-2-1-3-14/h4-5H,1-3H2. The lowest BCUT2D eigenvalue weighted by atomic mass is 10.1. The number of amides is 1. The first-order valence-electron chi connectivity index (χ1n) is 4.53. The molecule has 0 saturated carbocycles. The average Bonchev–Trinajstić information content (AvgIpc) is 2.08. The summed E-state index contributed by atoms with van der Waals surface area (Å²) in [6.45, 7) is 1.32. The van der Waals surface area contributed by atoms with Gasteiger partial charge in [-0.1, -0.05) is 0 Å². The van der Waals surface area contributed by atoms with Gasteiger partial charge in [0.1, 0.15) is 11.6 Å². The van der Waals surface area contributed by atoms with Crippen molar-refractivity contribution in [2.75, 3.05) is 13.1 Å². The molecule has 1 aromatic rings. The summed E-state index contributed by atoms with van der Waals surface area (Å²) in [5.74, 6) is -1.77. The molecule has 1 amide bonds. The van der Waals surface area contributed by atoms with Crippen molar-refractivity contribution in [2.45, 2.75) is 6.42 Å². The third-order valence-corrected chi connectivity index (χ3v) is 3.21. The third kappa shape index (κ3) is 1.97. The van der Waals surface area contributed by atoms with Crippen molar-refractivity contribution in [3.8, 4) is 0 Å². The molecule has 0 bridgehead atoms. The molecule has 0 spiro atoms. The zero-order chi connectivity index (χ0) is 11.0. The van der Waals surface area contributed by atoms with E-state index in [1.807, 2.05) is 0 Å². The van der Waals surface area contributed by atoms with Crippen molar-refractivity contribution < 1.29 is 13.6 Å². The van der Waals surface area contributed by atoms with Crippen LogP contribution in [0, 0.1) is 15.2 Å². The van der Waals surface area contributed by atoms with Crippen LogP contribution in [0.25, 0.3) is 0 Å². The van der Waals surface area contributed by atoms with E-state index in [0.717, 1.165) is 12.5 Å². The van der Waals surface area contributed by atoms with Gasteiger partial charge in [-0.05, 0) is 35.1 Å². The minimum absolute atomic E-state index is 0.0412. The number of hydrogen-bond acceptors (Lipinski definition) is 1. The van der Waals surface area contributed by atoms with Crippen LogP contribution < -0.4 is 0 Å². The first kappa shape index (κ1) is 10.8. The maximum absolute atomic E-state index is 13.3. The smallest absolute Gasteiger partial charge is 0.256 e. The second kappa shape index (κ2) is 4.03. The van der Waals surface area contributed by atoms with Gasteiger partial charge in [-0.15, -0.1) is 0 Å². The van der Waals surface area contributed by atoms with E-state index in [0.29, 0.717) is 13.1 Å². The molecule has 1 aromatic carbocycles. The van der Waals surface area contributed by atoms with Gasteiger partial charge in [-0.2, -0.15) is 0 Å². The topological polar surface area (TPSA) is 20.3 Å². The predicted octanol–water partition coefficient (Wildman–Crippen LogP) is 2.42. The molecule has 1 aliphatic heterocycles. The second-order valence-electron chi connectivity index (χ2n) is 3.39. The minimum atomic E-state index is -0.787. The van der Waals surface area contributed by atoms with Gasteiger partial charge in [0.05, 0.1) is 5.56 Å². The lowest BCUT2D eigenvalue weighted by molar-refractivity contribution is 0.0647. The molecular weight excluding hydrogens is 315 g/mol. The van der Waals surface area contributed by atoms with Gasteiger partial charge in [0.25, 0.3) is 5.91 Å². The van der Waals surface area contributed by atoms with Gasteiger partial charge in [0.2, 0.25) is 0 Å². The molecule has 5 heteroatoms. The van der Waals surface area contributed by atoms with E-state index < -0.39 is 11.6 Å². The lowest BCUT2D eigenvalue weighted by Gasteiger charge is -2.31. The van der Waals surface area contributed by atoms with Crippen LogP contribution in [0.15, 0.2) is 12.1 Å². The Bertz CT molecular complexity index is 418. The second-order valence-corrected chi connectivity index (χ2v) is 4.55. The number of benzene rings is 1. The molecule has 1 heterocycles. The largest absolute Gasteiger partial charge is 0.338 e. The van der Waals surface area contributed by atoms with E-state index in [4.69, 9.17) is 0 Å². The number of nitrogens with zero attached hydrogens (tertiary/aromatic N) is 1. The lowest BCUT2D eigenvalue weighted by Crippen LogP contribution is -2.42. The van der Waals surface area contributed by atoms with Crippen LogP contribution in [0.3, 0.4) is 0 Å². The van der Waals surface area contributed by atoms with Crippen molar-refractivity contribution in [1.29, 1.82) is 0 Å². The molecule has 0 N–H and O–H groups in total. The molecule has 0 radical (unpaired) electrons. The van der Waals surface area contributed by atoms with E-state index in [2.05, 4.69) is 0 Å². The highest BCUT2D eigenvalue weighted by atomic mass is 127. The fourth-order valence-electron chi connectivity index (χ4n) is 1.38. The van der Waals surface area contributed by atoms with Crippen LogP contribution >= 0.6 is 22.6 Å². The molecule has 80 valence electrons. The van der Waals surface area contributed by atoms with Crippen molar-refractivity contribution >= 4 is 28.5 Å². The van der Waals surface area contributed by atoms with Crippen LogP contribution in [-0.4, -0.2) is 23.9 Å². The monoisotopic (exact) mass is 323 g/mol. The van der Waals surface area contributed by atoms with E-state index in [9.17, 15) is 13.6 Å². The Morgan fingerprint density at radius 3 is 2.47 bits per heavy atom. The number of rotatable bonds is 1. The van der Waals surface area contributed by atoms with Gasteiger partial charge in [-0.3, -0.25) is 4.79 Å². The summed E-state index contributed by atoms with van der Waals surface area (Å²) >= 11 is 1.74. The number of halogens is 3. The predicted molar refractivity (Wildman–Crippen MR) is 59.6 cm³/mol. The van der Waals surface area contributed by atoms with Gasteiger partial charge in [0, 0.05) is 22.7 Å². The van der Waals surface area contributed by atoms with Gasteiger partial charge in [0.15, 0.2) is 0 Å². The summed E-state index contributed by atoms with van der Waals surface area (Å²) < 4.78 is 26.5. The normalized spacial score (nSPS) is 15.0. The van der Waals surface area contributed by atoms with Gasteiger partial charge >= 0.3 is 0 Å². The highest BCUT2D eigenvalue weighted by molar-refractivity contribution is 14.1. The first-order chi connectivity index (χ1) is 7.09. The summed E-state index contributed by atoms with van der Waals surface area (Å²) in [6.07, 6.45) is 0.950. The molecule has 0 aliphatic carbocycles. The molecule has 2 rings (SSSR count). The summed E-state index contributed by atoms with van der Waals surface area (Å²) in [6, 6.07) is 2.01.